The normalized spacial score (nSPS) is 22.8. The number of hydrogen-bond donors (Lipinski definition) is 0. The summed E-state index contributed by atoms with van der Waals surface area (Å²) in [7, 11) is -1.65. The largest absolute Gasteiger partial charge is 0.304 e. The van der Waals surface area contributed by atoms with E-state index in [0.717, 1.165) is 12.8 Å². The molecule has 4 rings (SSSR count). The van der Waals surface area contributed by atoms with Crippen LogP contribution in [0.25, 0.3) is 0 Å². The molecule has 2 aliphatic rings. The van der Waals surface area contributed by atoms with Crippen molar-refractivity contribution in [1.29, 1.82) is 0 Å². The van der Waals surface area contributed by atoms with Crippen molar-refractivity contribution in [3.8, 4) is 0 Å². The van der Waals surface area contributed by atoms with Crippen LogP contribution in [0.5, 0.6) is 0 Å². The summed E-state index contributed by atoms with van der Waals surface area (Å²) in [6.45, 7) is 3.92. The Labute approximate surface area is 276 Å². The van der Waals surface area contributed by atoms with E-state index in [0.29, 0.717) is 28.8 Å². The van der Waals surface area contributed by atoms with Crippen LogP contribution in [0.2, 0.25) is 0 Å². The number of rotatable bonds is 5. The smallest absolute Gasteiger partial charge is 0.181 e. The molecule has 0 heterocycles. The van der Waals surface area contributed by atoms with Gasteiger partial charge in [-0.15, -0.1) is 11.8 Å². The summed E-state index contributed by atoms with van der Waals surface area (Å²) in [6, 6.07) is 18.8. The van der Waals surface area contributed by atoms with E-state index < -0.39 is 15.1 Å². The maximum absolute atomic E-state index is 12.3. The van der Waals surface area contributed by atoms with Gasteiger partial charge in [0, 0.05) is 53.4 Å². The molecule has 0 spiro atoms. The fourth-order valence-electron chi connectivity index (χ4n) is 4.11. The maximum Gasteiger partial charge on any atom is 0.181 e. The van der Waals surface area contributed by atoms with E-state index >= 15 is 0 Å². The summed E-state index contributed by atoms with van der Waals surface area (Å²) < 4.78 is 26.6. The van der Waals surface area contributed by atoms with Crippen LogP contribution in [0, 0.1) is 15.6 Å². The molecule has 0 amide bonds. The van der Waals surface area contributed by atoms with E-state index in [9.17, 15) is 18.0 Å². The first-order chi connectivity index (χ1) is 17.2. The van der Waals surface area contributed by atoms with Crippen molar-refractivity contribution in [2.75, 3.05) is 0 Å². The summed E-state index contributed by atoms with van der Waals surface area (Å²) in [5.41, 5.74) is 0. The Kier molecular flexibility index (Phi) is 20.6. The molecule has 0 aromatic heterocycles. The molecule has 211 valence electrons. The van der Waals surface area contributed by atoms with Crippen LogP contribution < -0.4 is 0 Å². The van der Waals surface area contributed by atoms with Gasteiger partial charge in [0.25, 0.3) is 0 Å². The quantitative estimate of drug-likeness (QED) is 0.221. The summed E-state index contributed by atoms with van der Waals surface area (Å²) in [5.74, 6) is 0.810. The van der Waals surface area contributed by atoms with E-state index in [1.54, 1.807) is 39.3 Å². The molecule has 10 heteroatoms. The molecule has 0 saturated heterocycles. The van der Waals surface area contributed by atoms with Crippen LogP contribution in [0.4, 0.5) is 0 Å². The Balaban J connectivity index is 0.000000607. The third kappa shape index (κ3) is 13.0. The van der Waals surface area contributed by atoms with E-state index in [-0.39, 0.29) is 50.0 Å². The SMILES string of the molecule is C.C[C@@H]1CC[C@H](S(=O)(=O)c2ccccc2)CC1=O.C[C@@H]1CC[C@H](Sc2ccccc2)CC1=O.I[CH-]SI.[V]. The molecule has 0 unspecified atom stereocenters. The maximum atomic E-state index is 12.3. The van der Waals surface area contributed by atoms with E-state index in [4.69, 9.17) is 0 Å². The number of halogens is 2. The fourth-order valence-corrected chi connectivity index (χ4v) is 7.06. The van der Waals surface area contributed by atoms with Gasteiger partial charge in [0.15, 0.2) is 9.84 Å². The number of sulfone groups is 1. The van der Waals surface area contributed by atoms with Gasteiger partial charge in [0.2, 0.25) is 0 Å². The fraction of sp³-hybridized carbons (Fsp3) is 0.464. The third-order valence-corrected chi connectivity index (χ3v) is 14.4. The molecular weight excluding hydrogens is 801 g/mol. The summed E-state index contributed by atoms with van der Waals surface area (Å²) >= 11 is 6.24. The average molecular weight is 839 g/mol. The summed E-state index contributed by atoms with van der Waals surface area (Å²) in [5, 5.41) is -0.0373. The van der Waals surface area contributed by atoms with Crippen molar-refractivity contribution in [3.63, 3.8) is 0 Å². The van der Waals surface area contributed by atoms with Crippen molar-refractivity contribution >= 4 is 85.9 Å². The third-order valence-electron chi connectivity index (χ3n) is 6.39. The van der Waals surface area contributed by atoms with Crippen molar-refractivity contribution in [3.05, 3.63) is 64.4 Å². The molecule has 38 heavy (non-hydrogen) atoms. The molecular formula is C28H37I2O4S3V-. The minimum Gasteiger partial charge on any atom is -0.304 e. The number of benzene rings is 2. The Morgan fingerprint density at radius 2 is 1.29 bits per heavy atom. The molecule has 4 atom stereocenters. The van der Waals surface area contributed by atoms with Gasteiger partial charge < -0.3 is 22.6 Å². The number of thioether (sulfide) groups is 1. The summed E-state index contributed by atoms with van der Waals surface area (Å²) in [4.78, 5) is 24.8. The van der Waals surface area contributed by atoms with E-state index in [2.05, 4.69) is 68.1 Å². The molecule has 2 aromatic carbocycles. The second-order valence-electron chi connectivity index (χ2n) is 9.01. The number of hydrogen-bond acceptors (Lipinski definition) is 6. The molecule has 4 nitrogen and oxygen atoms in total. The van der Waals surface area contributed by atoms with Crippen molar-refractivity contribution < 1.29 is 36.6 Å². The monoisotopic (exact) mass is 838 g/mol. The van der Waals surface area contributed by atoms with Crippen molar-refractivity contribution in [1.82, 2.24) is 0 Å². The van der Waals surface area contributed by atoms with Gasteiger partial charge in [-0.1, -0.05) is 57.7 Å². The van der Waals surface area contributed by atoms with Gasteiger partial charge in [-0.2, -0.15) is 0 Å². The van der Waals surface area contributed by atoms with Crippen LogP contribution in [-0.2, 0) is 38.0 Å². The predicted molar refractivity (Wildman–Crippen MR) is 176 cm³/mol. The van der Waals surface area contributed by atoms with Gasteiger partial charge in [0.05, 0.1) is 10.1 Å². The number of ketones is 2. The molecule has 0 N–H and O–H groups in total. The zero-order valence-corrected chi connectivity index (χ0v) is 29.1. The van der Waals surface area contributed by atoms with Gasteiger partial charge in [-0.25, -0.2) is 12.2 Å². The predicted octanol–water partition coefficient (Wildman–Crippen LogP) is 9.01. The topological polar surface area (TPSA) is 68.3 Å². The first-order valence-corrected chi connectivity index (χ1v) is 19.0. The molecule has 2 aliphatic carbocycles. The number of Topliss-reactive ketones (excluding diaryl/α,β-unsaturated/α-hetero) is 2. The second kappa shape index (κ2) is 20.4. The van der Waals surface area contributed by atoms with E-state index in [1.807, 2.05) is 35.4 Å². The zero-order chi connectivity index (χ0) is 26.6. The van der Waals surface area contributed by atoms with Gasteiger partial charge in [0.1, 0.15) is 11.6 Å². The molecule has 2 fully saturated rings. The standard InChI is InChI=1S/C13H16O3S.C13H16OS.CHI2S.CH4.V/c1-10-7-8-12(9-13(10)14)17(15,16)11-5-3-2-4-6-11;1-10-7-8-12(9-13(10)14)15-11-5-3-2-4-6-11;2-1-4-3;;/h2-6,10,12H,7-9H2,1H3;2-6,10,12H,7-9H2,1H3;1H;1H4;/q;;-1;;/t2*10-,12+;;;/m11.../s1. The molecule has 2 saturated carbocycles. The summed E-state index contributed by atoms with van der Waals surface area (Å²) in [6.07, 6.45) is 4.41. The Morgan fingerprint density at radius 1 is 0.816 bits per heavy atom. The number of carbonyl (C=O) groups excluding carboxylic acids is 2. The van der Waals surface area contributed by atoms with Crippen LogP contribution in [-0.4, -0.2) is 30.5 Å². The van der Waals surface area contributed by atoms with Gasteiger partial charge in [-0.05, 0) is 71.2 Å². The Hall–Kier alpha value is 0.474. The van der Waals surface area contributed by atoms with Crippen molar-refractivity contribution in [2.24, 2.45) is 11.8 Å². The first-order valence-electron chi connectivity index (χ1n) is 11.9. The van der Waals surface area contributed by atoms with Crippen LogP contribution in [0.3, 0.4) is 0 Å². The second-order valence-corrected chi connectivity index (χ2v) is 16.0. The minimum absolute atomic E-state index is 0. The Bertz CT molecular complexity index is 1050. The number of carbonyl (C=O) groups is 2. The van der Waals surface area contributed by atoms with Gasteiger partial charge in [-0.3, -0.25) is 18.5 Å². The first kappa shape index (κ1) is 38.5. The zero-order valence-electron chi connectivity index (χ0n) is 21.0. The molecule has 0 aliphatic heterocycles. The van der Waals surface area contributed by atoms with Crippen LogP contribution >= 0.6 is 64.5 Å². The van der Waals surface area contributed by atoms with Gasteiger partial charge >= 0.3 is 0 Å². The van der Waals surface area contributed by atoms with Crippen molar-refractivity contribution in [2.45, 2.75) is 80.1 Å². The molecule has 0 bridgehead atoms. The minimum atomic E-state index is -3.34. The Morgan fingerprint density at radius 3 is 1.76 bits per heavy atom. The van der Waals surface area contributed by atoms with Crippen LogP contribution in [0.1, 0.15) is 59.8 Å². The van der Waals surface area contributed by atoms with Crippen LogP contribution in [0.15, 0.2) is 70.5 Å². The van der Waals surface area contributed by atoms with E-state index in [1.165, 1.54) is 11.3 Å². The molecule has 2 aromatic rings. The average Bonchev–Trinajstić information content (AvgIpc) is 2.89. The molecule has 1 radical (unpaired) electrons.